The molecule has 0 spiro atoms. The molecule has 0 saturated heterocycles. The second kappa shape index (κ2) is 5.78. The van der Waals surface area contributed by atoms with Crippen LogP contribution in [0.2, 0.25) is 5.02 Å². The molecule has 0 amide bonds. The van der Waals surface area contributed by atoms with E-state index < -0.39 is 0 Å². The van der Waals surface area contributed by atoms with Gasteiger partial charge in [0.15, 0.2) is 0 Å². The Morgan fingerprint density at radius 2 is 1.89 bits per heavy atom. The number of phenolic OH excluding ortho intramolecular Hbond substituents is 1. The fourth-order valence-corrected chi connectivity index (χ4v) is 2.08. The molecule has 0 aliphatic carbocycles. The van der Waals surface area contributed by atoms with Gasteiger partial charge >= 0.3 is 0 Å². The normalized spacial score (nSPS) is 12.1. The molecule has 2 N–H and O–H groups in total. The molecular formula is C15H16ClNO. The lowest BCUT2D eigenvalue weighted by Gasteiger charge is -2.15. The molecule has 0 heterocycles. The quantitative estimate of drug-likeness (QED) is 0.813. The Balaban J connectivity index is 1.99. The zero-order valence-electron chi connectivity index (χ0n) is 10.2. The molecule has 1 unspecified atom stereocenters. The van der Waals surface area contributed by atoms with Crippen molar-refractivity contribution in [3.8, 4) is 5.75 Å². The van der Waals surface area contributed by atoms with Gasteiger partial charge in [0.2, 0.25) is 0 Å². The summed E-state index contributed by atoms with van der Waals surface area (Å²) < 4.78 is 0. The van der Waals surface area contributed by atoms with Crippen molar-refractivity contribution in [1.82, 2.24) is 0 Å². The van der Waals surface area contributed by atoms with Gasteiger partial charge in [0.05, 0.1) is 5.02 Å². The van der Waals surface area contributed by atoms with Crippen molar-refractivity contribution in [1.29, 1.82) is 0 Å². The summed E-state index contributed by atoms with van der Waals surface area (Å²) in [5.74, 6) is 0.109. The smallest absolute Gasteiger partial charge is 0.134 e. The third-order valence-corrected chi connectivity index (χ3v) is 3.05. The largest absolute Gasteiger partial charge is 0.506 e. The van der Waals surface area contributed by atoms with Crippen LogP contribution in [0.25, 0.3) is 0 Å². The number of benzene rings is 2. The van der Waals surface area contributed by atoms with Gasteiger partial charge in [-0.3, -0.25) is 0 Å². The lowest BCUT2D eigenvalue weighted by Crippen LogP contribution is -2.17. The topological polar surface area (TPSA) is 32.3 Å². The van der Waals surface area contributed by atoms with Crippen molar-refractivity contribution in [2.24, 2.45) is 0 Å². The van der Waals surface area contributed by atoms with E-state index in [1.165, 1.54) is 5.56 Å². The van der Waals surface area contributed by atoms with E-state index in [0.717, 1.165) is 12.1 Å². The molecule has 1 atom stereocenters. The van der Waals surface area contributed by atoms with E-state index in [-0.39, 0.29) is 5.75 Å². The predicted molar refractivity (Wildman–Crippen MR) is 76.3 cm³/mol. The minimum Gasteiger partial charge on any atom is -0.506 e. The van der Waals surface area contributed by atoms with Gasteiger partial charge < -0.3 is 10.4 Å². The molecule has 2 aromatic rings. The second-order valence-corrected chi connectivity index (χ2v) is 4.81. The summed E-state index contributed by atoms with van der Waals surface area (Å²) in [6.07, 6.45) is 0.944. The molecular weight excluding hydrogens is 246 g/mol. The van der Waals surface area contributed by atoms with Gasteiger partial charge in [-0.15, -0.1) is 0 Å². The SMILES string of the molecule is CC(Cc1ccccc1)Nc1ccc(O)c(Cl)c1. The Kier molecular flexibility index (Phi) is 4.11. The number of rotatable bonds is 4. The minimum atomic E-state index is 0.109. The van der Waals surface area contributed by atoms with Crippen LogP contribution in [0, 0.1) is 0 Å². The standard InChI is InChI=1S/C15H16ClNO/c1-11(9-12-5-3-2-4-6-12)17-13-7-8-15(18)14(16)10-13/h2-8,10-11,17-18H,9H2,1H3. The maximum Gasteiger partial charge on any atom is 0.134 e. The average molecular weight is 262 g/mol. The first-order chi connectivity index (χ1) is 8.65. The highest BCUT2D eigenvalue weighted by Crippen LogP contribution is 2.26. The van der Waals surface area contributed by atoms with Crippen LogP contribution in [0.1, 0.15) is 12.5 Å². The maximum atomic E-state index is 9.35. The molecule has 2 rings (SSSR count). The fourth-order valence-electron chi connectivity index (χ4n) is 1.90. The molecule has 94 valence electrons. The van der Waals surface area contributed by atoms with E-state index in [9.17, 15) is 5.11 Å². The number of nitrogens with one attached hydrogen (secondary N) is 1. The van der Waals surface area contributed by atoms with Gasteiger partial charge in [0.1, 0.15) is 5.75 Å². The zero-order chi connectivity index (χ0) is 13.0. The number of anilines is 1. The number of halogens is 1. The Morgan fingerprint density at radius 3 is 2.56 bits per heavy atom. The summed E-state index contributed by atoms with van der Waals surface area (Å²) in [6, 6.07) is 15.8. The van der Waals surface area contributed by atoms with E-state index >= 15 is 0 Å². The Labute approximate surface area is 112 Å². The summed E-state index contributed by atoms with van der Waals surface area (Å²) in [5.41, 5.74) is 2.21. The number of phenols is 1. The third-order valence-electron chi connectivity index (χ3n) is 2.75. The van der Waals surface area contributed by atoms with Crippen LogP contribution in [-0.2, 0) is 6.42 Å². The van der Waals surface area contributed by atoms with Gasteiger partial charge in [-0.2, -0.15) is 0 Å². The Hall–Kier alpha value is -1.67. The monoisotopic (exact) mass is 261 g/mol. The molecule has 0 aliphatic rings. The van der Waals surface area contributed by atoms with E-state index in [2.05, 4.69) is 24.4 Å². The first-order valence-electron chi connectivity index (χ1n) is 5.94. The molecule has 0 aliphatic heterocycles. The molecule has 0 aromatic heterocycles. The van der Waals surface area contributed by atoms with E-state index in [1.54, 1.807) is 12.1 Å². The van der Waals surface area contributed by atoms with Crippen LogP contribution >= 0.6 is 11.6 Å². The number of hydrogen-bond donors (Lipinski definition) is 2. The summed E-state index contributed by atoms with van der Waals surface area (Å²) in [5, 5.41) is 13.1. The van der Waals surface area contributed by atoms with Crippen LogP contribution in [-0.4, -0.2) is 11.1 Å². The fraction of sp³-hybridized carbons (Fsp3) is 0.200. The zero-order valence-corrected chi connectivity index (χ0v) is 11.0. The average Bonchev–Trinajstić information content (AvgIpc) is 2.35. The van der Waals surface area contributed by atoms with Gasteiger partial charge in [-0.05, 0) is 37.1 Å². The highest BCUT2D eigenvalue weighted by atomic mass is 35.5. The number of hydrogen-bond acceptors (Lipinski definition) is 2. The first kappa shape index (κ1) is 12.8. The molecule has 3 heteroatoms. The summed E-state index contributed by atoms with van der Waals surface area (Å²) in [7, 11) is 0. The number of aromatic hydroxyl groups is 1. The van der Waals surface area contributed by atoms with E-state index in [4.69, 9.17) is 11.6 Å². The second-order valence-electron chi connectivity index (χ2n) is 4.40. The van der Waals surface area contributed by atoms with Gasteiger partial charge in [-0.1, -0.05) is 41.9 Å². The maximum absolute atomic E-state index is 9.35. The van der Waals surface area contributed by atoms with E-state index in [1.807, 2.05) is 24.3 Å². The lowest BCUT2D eigenvalue weighted by molar-refractivity contribution is 0.475. The lowest BCUT2D eigenvalue weighted by atomic mass is 10.1. The van der Waals surface area contributed by atoms with Gasteiger partial charge in [-0.25, -0.2) is 0 Å². The minimum absolute atomic E-state index is 0.109. The molecule has 0 fully saturated rings. The van der Waals surface area contributed by atoms with Crippen LogP contribution in [0.15, 0.2) is 48.5 Å². The van der Waals surface area contributed by atoms with Crippen LogP contribution in [0.5, 0.6) is 5.75 Å². The summed E-state index contributed by atoms with van der Waals surface area (Å²) in [4.78, 5) is 0. The first-order valence-corrected chi connectivity index (χ1v) is 6.32. The molecule has 0 radical (unpaired) electrons. The van der Waals surface area contributed by atoms with Crippen molar-refractivity contribution in [2.75, 3.05) is 5.32 Å². The molecule has 0 saturated carbocycles. The van der Waals surface area contributed by atoms with Gasteiger partial charge in [0, 0.05) is 11.7 Å². The molecule has 2 nitrogen and oxygen atoms in total. The van der Waals surface area contributed by atoms with Crippen LogP contribution < -0.4 is 5.32 Å². The molecule has 2 aromatic carbocycles. The highest BCUT2D eigenvalue weighted by molar-refractivity contribution is 6.32. The van der Waals surface area contributed by atoms with Crippen LogP contribution in [0.3, 0.4) is 0 Å². The Bertz CT molecular complexity index is 513. The third kappa shape index (κ3) is 3.41. The van der Waals surface area contributed by atoms with Crippen molar-refractivity contribution in [2.45, 2.75) is 19.4 Å². The van der Waals surface area contributed by atoms with E-state index in [0.29, 0.717) is 11.1 Å². The van der Waals surface area contributed by atoms with Crippen molar-refractivity contribution in [3.63, 3.8) is 0 Å². The Morgan fingerprint density at radius 1 is 1.17 bits per heavy atom. The molecule has 0 bridgehead atoms. The summed E-state index contributed by atoms with van der Waals surface area (Å²) in [6.45, 7) is 2.12. The predicted octanol–water partition coefficient (Wildman–Crippen LogP) is 4.09. The van der Waals surface area contributed by atoms with Crippen molar-refractivity contribution < 1.29 is 5.11 Å². The van der Waals surface area contributed by atoms with Crippen LogP contribution in [0.4, 0.5) is 5.69 Å². The van der Waals surface area contributed by atoms with Crippen molar-refractivity contribution >= 4 is 17.3 Å². The molecule has 18 heavy (non-hydrogen) atoms. The summed E-state index contributed by atoms with van der Waals surface area (Å²) >= 11 is 5.87. The van der Waals surface area contributed by atoms with Crippen molar-refractivity contribution in [3.05, 3.63) is 59.1 Å². The highest BCUT2D eigenvalue weighted by Gasteiger charge is 2.05. The van der Waals surface area contributed by atoms with Gasteiger partial charge in [0.25, 0.3) is 0 Å².